The highest BCUT2D eigenvalue weighted by Crippen LogP contribution is 2.39. The zero-order valence-corrected chi connectivity index (χ0v) is 23.4. The molecule has 3 aromatic heterocycles. The van der Waals surface area contributed by atoms with Gasteiger partial charge in [0.1, 0.15) is 23.2 Å². The second kappa shape index (κ2) is 12.1. The van der Waals surface area contributed by atoms with Crippen molar-refractivity contribution in [3.8, 4) is 22.2 Å². The van der Waals surface area contributed by atoms with Gasteiger partial charge in [-0.15, -0.1) is 11.3 Å². The van der Waals surface area contributed by atoms with Crippen LogP contribution < -0.4 is 10.1 Å². The number of nitrogens with one attached hydrogen (secondary N) is 1. The Kier molecular flexibility index (Phi) is 8.32. The van der Waals surface area contributed by atoms with Crippen LogP contribution in [0.2, 0.25) is 0 Å². The Balaban J connectivity index is 1.31. The monoisotopic (exact) mass is 560 g/mol. The number of fused-ring (bicyclic) bond motifs is 1. The standard InChI is InChI=1S/C31H30F2N4O2S/c1-4-10-34-17-22-18-36-31(37(22)3)29-16-26-30(40-29)28(9-11-35-26)39-27-8-6-20(14-25(27)33)13-23(38)15-21-7-5-19(2)12-24(21)32/h5-9,11-12,14,16,18,34H,4,10,13,15,17H2,1-3H3. The van der Waals surface area contributed by atoms with Crippen LogP contribution in [0.4, 0.5) is 8.78 Å². The molecule has 5 aromatic rings. The van der Waals surface area contributed by atoms with E-state index >= 15 is 4.39 Å². The maximum Gasteiger partial charge on any atom is 0.166 e. The van der Waals surface area contributed by atoms with E-state index in [0.29, 0.717) is 16.9 Å². The Labute approximate surface area is 235 Å². The lowest BCUT2D eigenvalue weighted by Crippen LogP contribution is -2.16. The van der Waals surface area contributed by atoms with Crippen molar-refractivity contribution in [1.82, 2.24) is 19.9 Å². The van der Waals surface area contributed by atoms with Gasteiger partial charge in [0.2, 0.25) is 0 Å². The molecule has 0 aliphatic carbocycles. The molecule has 0 aliphatic heterocycles. The van der Waals surface area contributed by atoms with Crippen LogP contribution in [-0.2, 0) is 31.2 Å². The predicted molar refractivity (Wildman–Crippen MR) is 154 cm³/mol. The highest BCUT2D eigenvalue weighted by molar-refractivity contribution is 7.22. The fourth-order valence-corrected chi connectivity index (χ4v) is 5.59. The minimum absolute atomic E-state index is 0.00206. The molecule has 0 saturated heterocycles. The third-order valence-electron chi connectivity index (χ3n) is 6.63. The number of aryl methyl sites for hydroxylation is 1. The zero-order chi connectivity index (χ0) is 28.2. The quantitative estimate of drug-likeness (QED) is 0.178. The molecule has 0 spiro atoms. The van der Waals surface area contributed by atoms with Crippen LogP contribution in [0.15, 0.2) is 60.9 Å². The molecular formula is C31H30F2N4O2S. The summed E-state index contributed by atoms with van der Waals surface area (Å²) >= 11 is 1.48. The van der Waals surface area contributed by atoms with E-state index in [1.165, 1.54) is 29.5 Å². The van der Waals surface area contributed by atoms with Crippen molar-refractivity contribution in [2.75, 3.05) is 6.54 Å². The lowest BCUT2D eigenvalue weighted by atomic mass is 10.0. The van der Waals surface area contributed by atoms with Gasteiger partial charge in [0.25, 0.3) is 0 Å². The van der Waals surface area contributed by atoms with Gasteiger partial charge in [0, 0.05) is 38.7 Å². The van der Waals surface area contributed by atoms with E-state index in [4.69, 9.17) is 4.74 Å². The molecule has 0 radical (unpaired) electrons. The van der Waals surface area contributed by atoms with Crippen LogP contribution in [0.1, 0.15) is 35.7 Å². The summed E-state index contributed by atoms with van der Waals surface area (Å²) in [6.07, 6.45) is 4.51. The first kappa shape index (κ1) is 27.6. The molecule has 0 unspecified atom stereocenters. The van der Waals surface area contributed by atoms with Gasteiger partial charge in [-0.25, -0.2) is 13.8 Å². The normalized spacial score (nSPS) is 11.3. The minimum Gasteiger partial charge on any atom is -0.453 e. The van der Waals surface area contributed by atoms with Crippen LogP contribution in [0, 0.1) is 18.6 Å². The molecule has 5 rings (SSSR count). The van der Waals surface area contributed by atoms with Crippen molar-refractivity contribution in [2.24, 2.45) is 7.05 Å². The topological polar surface area (TPSA) is 69.0 Å². The number of hydrogen-bond acceptors (Lipinski definition) is 6. The maximum atomic E-state index is 15.0. The van der Waals surface area contributed by atoms with E-state index in [0.717, 1.165) is 51.7 Å². The number of rotatable bonds is 11. The van der Waals surface area contributed by atoms with E-state index in [-0.39, 0.29) is 24.4 Å². The molecule has 9 heteroatoms. The molecule has 0 fully saturated rings. The molecule has 40 heavy (non-hydrogen) atoms. The molecule has 0 aliphatic rings. The SMILES string of the molecule is CCCNCc1cnc(-c2cc3nccc(Oc4ccc(CC(=O)Cc5ccc(C)cc5F)cc4F)c3s2)n1C. The number of aromatic nitrogens is 3. The van der Waals surface area contributed by atoms with E-state index in [2.05, 4.69) is 26.8 Å². The summed E-state index contributed by atoms with van der Waals surface area (Å²) in [6.45, 7) is 5.59. The second-order valence-corrected chi connectivity index (χ2v) is 10.8. The van der Waals surface area contributed by atoms with Gasteiger partial charge >= 0.3 is 0 Å². The van der Waals surface area contributed by atoms with Gasteiger partial charge in [0.05, 0.1) is 27.0 Å². The minimum atomic E-state index is -0.582. The molecule has 2 aromatic carbocycles. The first-order valence-electron chi connectivity index (χ1n) is 13.2. The summed E-state index contributed by atoms with van der Waals surface area (Å²) in [5, 5.41) is 3.40. The number of thiophene rings is 1. The molecule has 0 amide bonds. The number of nitrogens with zero attached hydrogens (tertiary/aromatic N) is 3. The van der Waals surface area contributed by atoms with E-state index < -0.39 is 11.6 Å². The summed E-state index contributed by atoms with van der Waals surface area (Å²) in [5.41, 5.74) is 3.44. The smallest absolute Gasteiger partial charge is 0.166 e. The van der Waals surface area contributed by atoms with Crippen molar-refractivity contribution < 1.29 is 18.3 Å². The van der Waals surface area contributed by atoms with Crippen LogP contribution in [-0.4, -0.2) is 26.9 Å². The fraction of sp³-hybridized carbons (Fsp3) is 0.258. The van der Waals surface area contributed by atoms with Crippen molar-refractivity contribution in [3.05, 3.63) is 94.9 Å². The lowest BCUT2D eigenvalue weighted by molar-refractivity contribution is -0.117. The molecular weight excluding hydrogens is 530 g/mol. The Morgan fingerprint density at radius 2 is 1.88 bits per heavy atom. The molecule has 0 saturated carbocycles. The average Bonchev–Trinajstić information content (AvgIpc) is 3.51. The number of benzene rings is 2. The van der Waals surface area contributed by atoms with Crippen molar-refractivity contribution in [2.45, 2.75) is 39.7 Å². The van der Waals surface area contributed by atoms with Crippen LogP contribution in [0.25, 0.3) is 20.9 Å². The summed E-state index contributed by atoms with van der Waals surface area (Å²) in [5.74, 6) is 0.171. The molecule has 1 N–H and O–H groups in total. The van der Waals surface area contributed by atoms with Crippen LogP contribution in [0.5, 0.6) is 11.5 Å². The fourth-order valence-electron chi connectivity index (χ4n) is 4.49. The Bertz CT molecular complexity index is 1680. The van der Waals surface area contributed by atoms with Crippen molar-refractivity contribution >= 4 is 27.3 Å². The average molecular weight is 561 g/mol. The van der Waals surface area contributed by atoms with Crippen molar-refractivity contribution in [3.63, 3.8) is 0 Å². The molecule has 3 heterocycles. The number of ether oxygens (including phenoxy) is 1. The van der Waals surface area contributed by atoms with E-state index in [1.54, 1.807) is 37.4 Å². The largest absolute Gasteiger partial charge is 0.453 e. The number of carbonyl (C=O) groups is 1. The number of halogens is 2. The lowest BCUT2D eigenvalue weighted by Gasteiger charge is -2.09. The third-order valence-corrected chi connectivity index (χ3v) is 7.76. The molecule has 6 nitrogen and oxygen atoms in total. The van der Waals surface area contributed by atoms with Gasteiger partial charge in [-0.3, -0.25) is 9.78 Å². The van der Waals surface area contributed by atoms with Gasteiger partial charge in [-0.1, -0.05) is 25.1 Å². The molecule has 206 valence electrons. The first-order chi connectivity index (χ1) is 19.3. The van der Waals surface area contributed by atoms with Crippen LogP contribution >= 0.6 is 11.3 Å². The van der Waals surface area contributed by atoms with Gasteiger partial charge in [-0.2, -0.15) is 0 Å². The predicted octanol–water partition coefficient (Wildman–Crippen LogP) is 6.93. The highest BCUT2D eigenvalue weighted by Gasteiger charge is 2.17. The summed E-state index contributed by atoms with van der Waals surface area (Å²) < 4.78 is 38.0. The zero-order valence-electron chi connectivity index (χ0n) is 22.6. The van der Waals surface area contributed by atoms with Gasteiger partial charge in [-0.05, 0) is 60.8 Å². The summed E-state index contributed by atoms with van der Waals surface area (Å²) in [6, 6.07) is 12.9. The number of imidazole rings is 1. The Morgan fingerprint density at radius 3 is 2.65 bits per heavy atom. The molecule has 0 bridgehead atoms. The first-order valence-corrected chi connectivity index (χ1v) is 14.0. The Hall–Kier alpha value is -3.95. The Morgan fingerprint density at radius 1 is 1.02 bits per heavy atom. The number of pyridine rings is 1. The highest BCUT2D eigenvalue weighted by atomic mass is 32.1. The molecule has 0 atom stereocenters. The second-order valence-electron chi connectivity index (χ2n) is 9.80. The number of hydrogen-bond donors (Lipinski definition) is 1. The number of carbonyl (C=O) groups excluding carboxylic acids is 1. The number of ketones is 1. The van der Waals surface area contributed by atoms with Gasteiger partial charge < -0.3 is 14.6 Å². The summed E-state index contributed by atoms with van der Waals surface area (Å²) in [4.78, 5) is 22.5. The van der Waals surface area contributed by atoms with Crippen molar-refractivity contribution in [1.29, 1.82) is 0 Å². The van der Waals surface area contributed by atoms with Gasteiger partial charge in [0.15, 0.2) is 11.6 Å². The van der Waals surface area contributed by atoms with E-state index in [1.807, 2.05) is 19.3 Å². The maximum absolute atomic E-state index is 15.0. The van der Waals surface area contributed by atoms with E-state index in [9.17, 15) is 9.18 Å². The van der Waals surface area contributed by atoms with Crippen LogP contribution in [0.3, 0.4) is 0 Å². The summed E-state index contributed by atoms with van der Waals surface area (Å²) in [7, 11) is 1.99. The third kappa shape index (κ3) is 6.11. The number of Topliss-reactive ketones (excluding diaryl/α,β-unsaturated/α-hetero) is 1.